The van der Waals surface area contributed by atoms with Crippen LogP contribution in [0.2, 0.25) is 18.6 Å². The van der Waals surface area contributed by atoms with Gasteiger partial charge in [0.15, 0.2) is 5.60 Å². The van der Waals surface area contributed by atoms with E-state index in [1.807, 2.05) is 19.1 Å². The molecule has 0 unspecified atom stereocenters. The maximum absolute atomic E-state index is 15.8. The highest BCUT2D eigenvalue weighted by Crippen LogP contribution is 2.59. The molecular formula is C24H33FN6O4Si. The van der Waals surface area contributed by atoms with E-state index in [1.54, 1.807) is 34.9 Å². The summed E-state index contributed by atoms with van der Waals surface area (Å²) in [6, 6.07) is 5.50. The van der Waals surface area contributed by atoms with Gasteiger partial charge in [-0.2, -0.15) is 0 Å². The molecule has 4 heterocycles. The molecule has 1 spiro atoms. The Labute approximate surface area is 210 Å². The second-order valence-corrected chi connectivity index (χ2v) is 14.2. The molecule has 10 nitrogen and oxygen atoms in total. The molecule has 0 radical (unpaired) electrons. The molecule has 2 saturated heterocycles. The number of aliphatic hydroxyl groups excluding tert-OH is 1. The highest BCUT2D eigenvalue weighted by atomic mass is 28.4. The van der Waals surface area contributed by atoms with Crippen LogP contribution in [-0.2, 0) is 32.9 Å². The number of hydrogen-bond acceptors (Lipinski definition) is 7. The summed E-state index contributed by atoms with van der Waals surface area (Å²) in [5.41, 5.74) is 0.965. The predicted molar refractivity (Wildman–Crippen MR) is 134 cm³/mol. The van der Waals surface area contributed by atoms with E-state index in [0.29, 0.717) is 55.1 Å². The number of aromatic nitrogens is 3. The summed E-state index contributed by atoms with van der Waals surface area (Å²) in [6.45, 7) is 7.18. The molecule has 5 rings (SSSR count). The van der Waals surface area contributed by atoms with Gasteiger partial charge in [-0.3, -0.25) is 14.3 Å². The van der Waals surface area contributed by atoms with Crippen LogP contribution in [0.3, 0.4) is 0 Å². The molecule has 194 valence electrons. The number of carbonyl (C=O) groups is 2. The van der Waals surface area contributed by atoms with Crippen LogP contribution in [0.1, 0.15) is 24.6 Å². The zero-order chi connectivity index (χ0) is 25.7. The Hall–Kier alpha value is -2.67. The van der Waals surface area contributed by atoms with Crippen molar-refractivity contribution in [2.24, 2.45) is 5.92 Å². The maximum Gasteiger partial charge on any atom is 0.261 e. The van der Waals surface area contributed by atoms with Gasteiger partial charge in [-0.05, 0) is 37.7 Å². The van der Waals surface area contributed by atoms with Gasteiger partial charge in [0.1, 0.15) is 0 Å². The van der Waals surface area contributed by atoms with Crippen molar-refractivity contribution in [2.75, 3.05) is 36.5 Å². The van der Waals surface area contributed by atoms with Crippen LogP contribution in [-0.4, -0.2) is 72.7 Å². The van der Waals surface area contributed by atoms with Crippen LogP contribution in [0, 0.1) is 5.92 Å². The zero-order valence-electron chi connectivity index (χ0n) is 20.8. The van der Waals surface area contributed by atoms with Crippen LogP contribution < -0.4 is 15.5 Å². The number of rotatable bonds is 7. The Kier molecular flexibility index (Phi) is 6.47. The van der Waals surface area contributed by atoms with E-state index in [0.717, 1.165) is 0 Å². The number of anilines is 2. The van der Waals surface area contributed by atoms with Gasteiger partial charge in [0.05, 0.1) is 18.3 Å². The van der Waals surface area contributed by atoms with E-state index in [9.17, 15) is 9.59 Å². The smallest absolute Gasteiger partial charge is 0.261 e. The van der Waals surface area contributed by atoms with Crippen molar-refractivity contribution >= 4 is 31.6 Å². The molecule has 2 aromatic rings. The number of hydrogen-bond donors (Lipinski definition) is 3. The number of carbonyl (C=O) groups excluding carboxylic acids is 2. The fourth-order valence-electron chi connectivity index (χ4n) is 6.11. The number of fused-ring (bicyclic) bond motifs is 2. The molecular weight excluding hydrogens is 483 g/mol. The second-order valence-electron chi connectivity index (χ2n) is 10.4. The molecule has 3 aliphatic rings. The Morgan fingerprint density at radius 2 is 2.14 bits per heavy atom. The Morgan fingerprint density at radius 3 is 2.86 bits per heavy atom. The van der Waals surface area contributed by atoms with Gasteiger partial charge in [-0.15, -0.1) is 5.10 Å². The lowest BCUT2D eigenvalue weighted by Gasteiger charge is -2.31. The Morgan fingerprint density at radius 1 is 1.33 bits per heavy atom. The Balaban J connectivity index is 1.47. The minimum atomic E-state index is -3.25. The molecule has 3 N–H and O–H groups in total. The molecule has 2 amide bonds. The van der Waals surface area contributed by atoms with Gasteiger partial charge in [0, 0.05) is 67.3 Å². The molecule has 4 atom stereocenters. The summed E-state index contributed by atoms with van der Waals surface area (Å²) in [5, 5.41) is 23.3. The van der Waals surface area contributed by atoms with Crippen molar-refractivity contribution in [3.8, 4) is 0 Å². The molecule has 1 aromatic heterocycles. The van der Waals surface area contributed by atoms with Gasteiger partial charge in [0.25, 0.3) is 5.91 Å². The number of benzene rings is 1. The number of ether oxygens (including phenoxy) is 1. The minimum Gasteiger partial charge on any atom is -0.396 e. The SMILES string of the molecule is C[C@@H]1[C@@H]([Si](C)(C)F)[C@H](CCn2cc(CCO)nn2)O[C@@]12C(=O)Nc1ccc(N3CCNCC3=O)cc12. The highest BCUT2D eigenvalue weighted by Gasteiger charge is 2.65. The highest BCUT2D eigenvalue weighted by molar-refractivity contribution is 6.72. The number of piperazine rings is 1. The van der Waals surface area contributed by atoms with Gasteiger partial charge >= 0.3 is 0 Å². The van der Waals surface area contributed by atoms with E-state index >= 15 is 4.11 Å². The lowest BCUT2D eigenvalue weighted by molar-refractivity contribution is -0.143. The van der Waals surface area contributed by atoms with Gasteiger partial charge < -0.3 is 29.5 Å². The number of nitrogens with zero attached hydrogens (tertiary/aromatic N) is 4. The van der Waals surface area contributed by atoms with E-state index in [4.69, 9.17) is 9.84 Å². The average molecular weight is 517 g/mol. The molecule has 0 bridgehead atoms. The monoisotopic (exact) mass is 516 g/mol. The van der Waals surface area contributed by atoms with Crippen LogP contribution in [0.5, 0.6) is 0 Å². The average Bonchev–Trinajstić information content (AvgIpc) is 3.48. The van der Waals surface area contributed by atoms with E-state index < -0.39 is 31.6 Å². The van der Waals surface area contributed by atoms with E-state index in [2.05, 4.69) is 20.9 Å². The molecule has 36 heavy (non-hydrogen) atoms. The maximum atomic E-state index is 15.8. The van der Waals surface area contributed by atoms with Crippen molar-refractivity contribution in [3.63, 3.8) is 0 Å². The quantitative estimate of drug-likeness (QED) is 0.377. The summed E-state index contributed by atoms with van der Waals surface area (Å²) in [7, 11) is -3.25. The van der Waals surface area contributed by atoms with Crippen LogP contribution >= 0.6 is 0 Å². The van der Waals surface area contributed by atoms with Gasteiger partial charge in [-0.1, -0.05) is 12.1 Å². The number of amides is 2. The summed E-state index contributed by atoms with van der Waals surface area (Å²) < 4.78 is 24.1. The third kappa shape index (κ3) is 4.15. The number of halogens is 1. The standard InChI is InChI=1S/C24H33FN6O4Si/c1-15-22(36(2,3)25)20(6-9-30-14-16(7-11-32)28-29-30)35-24(15)18-12-17(4-5-19(18)27-23(24)34)31-10-8-26-13-21(31)33/h4-5,12,14-15,20,22,26,32H,6-11,13H2,1-3H3,(H,27,34)/t15-,20+,22-,24+/m1/s1. The normalized spacial score (nSPS) is 28.1. The summed E-state index contributed by atoms with van der Waals surface area (Å²) in [4.78, 5) is 27.7. The first-order valence-electron chi connectivity index (χ1n) is 12.5. The summed E-state index contributed by atoms with van der Waals surface area (Å²) in [6.07, 6.45) is 2.17. The zero-order valence-corrected chi connectivity index (χ0v) is 21.8. The van der Waals surface area contributed by atoms with E-state index in [1.165, 1.54) is 0 Å². The molecule has 0 aliphatic carbocycles. The minimum absolute atomic E-state index is 0.00970. The van der Waals surface area contributed by atoms with Crippen molar-refractivity contribution in [1.82, 2.24) is 20.3 Å². The summed E-state index contributed by atoms with van der Waals surface area (Å²) >= 11 is 0. The number of nitrogens with one attached hydrogen (secondary N) is 2. The lowest BCUT2D eigenvalue weighted by atomic mass is 9.82. The van der Waals surface area contributed by atoms with Crippen LogP contribution in [0.25, 0.3) is 0 Å². The summed E-state index contributed by atoms with van der Waals surface area (Å²) in [5.74, 6) is -0.718. The van der Waals surface area contributed by atoms with Gasteiger partial charge in [-0.25, -0.2) is 0 Å². The number of aliphatic hydroxyl groups is 1. The predicted octanol–water partition coefficient (Wildman–Crippen LogP) is 1.57. The Bertz CT molecular complexity index is 1170. The number of aryl methyl sites for hydroxylation is 1. The molecule has 2 fully saturated rings. The molecule has 1 aromatic carbocycles. The first kappa shape index (κ1) is 25.0. The third-order valence-corrected chi connectivity index (χ3v) is 10.2. The molecule has 3 aliphatic heterocycles. The van der Waals surface area contributed by atoms with Crippen LogP contribution in [0.15, 0.2) is 24.4 Å². The lowest BCUT2D eigenvalue weighted by Crippen LogP contribution is -2.48. The molecule has 12 heteroatoms. The first-order chi connectivity index (χ1) is 17.1. The van der Waals surface area contributed by atoms with Crippen molar-refractivity contribution in [2.45, 2.75) is 56.7 Å². The second kappa shape index (κ2) is 9.33. The van der Waals surface area contributed by atoms with Crippen LogP contribution in [0.4, 0.5) is 15.5 Å². The molecule has 0 saturated carbocycles. The van der Waals surface area contributed by atoms with Crippen molar-refractivity contribution in [3.05, 3.63) is 35.7 Å². The van der Waals surface area contributed by atoms with Crippen molar-refractivity contribution < 1.29 is 23.5 Å². The van der Waals surface area contributed by atoms with E-state index in [-0.39, 0.29) is 25.0 Å². The fraction of sp³-hybridized carbons (Fsp3) is 0.583. The largest absolute Gasteiger partial charge is 0.396 e. The topological polar surface area (TPSA) is 122 Å². The fourth-order valence-corrected chi connectivity index (χ4v) is 8.65. The first-order valence-corrected chi connectivity index (χ1v) is 15.4. The third-order valence-electron chi connectivity index (χ3n) is 7.70. The van der Waals surface area contributed by atoms with Gasteiger partial charge in [0.2, 0.25) is 14.3 Å². The van der Waals surface area contributed by atoms with Crippen molar-refractivity contribution in [1.29, 1.82) is 0 Å².